The fourth-order valence-electron chi connectivity index (χ4n) is 3.51. The highest BCUT2D eigenvalue weighted by Gasteiger charge is 2.28. The molecule has 1 atom stereocenters. The molecule has 2 aromatic heterocycles. The van der Waals surface area contributed by atoms with Gasteiger partial charge in [-0.25, -0.2) is 4.98 Å². The number of rotatable bonds is 4. The minimum atomic E-state index is 0.409. The fraction of sp³-hybridized carbons (Fsp3) is 0.368. The lowest BCUT2D eigenvalue weighted by atomic mass is 10.2. The second-order valence-electron chi connectivity index (χ2n) is 6.41. The predicted molar refractivity (Wildman–Crippen MR) is 92.3 cm³/mol. The van der Waals surface area contributed by atoms with E-state index in [2.05, 4.69) is 52.1 Å². The van der Waals surface area contributed by atoms with Crippen molar-refractivity contribution in [1.29, 1.82) is 0 Å². The standard InChI is InChI=1S/C19H22N4/c1-14-7-8-16-17(13-14)22-19(21-16)18-6-4-11-23(18)12-9-15-5-2-3-10-20-15/h2-3,5,7-8,10,13,18H,4,6,9,11-12H2,1H3,(H,21,22)/t18-/m0/s1. The van der Waals surface area contributed by atoms with E-state index in [1.54, 1.807) is 0 Å². The number of pyridine rings is 1. The average Bonchev–Trinajstić information content (AvgIpc) is 3.19. The Balaban J connectivity index is 1.52. The summed E-state index contributed by atoms with van der Waals surface area (Å²) in [6, 6.07) is 13.0. The second kappa shape index (κ2) is 6.13. The van der Waals surface area contributed by atoms with E-state index < -0.39 is 0 Å². The lowest BCUT2D eigenvalue weighted by molar-refractivity contribution is 0.252. The largest absolute Gasteiger partial charge is 0.341 e. The first-order valence-corrected chi connectivity index (χ1v) is 8.40. The van der Waals surface area contributed by atoms with Crippen LogP contribution in [0, 0.1) is 6.92 Å². The van der Waals surface area contributed by atoms with Gasteiger partial charge in [0.05, 0.1) is 17.1 Å². The lowest BCUT2D eigenvalue weighted by Crippen LogP contribution is -2.26. The van der Waals surface area contributed by atoms with Gasteiger partial charge < -0.3 is 4.98 Å². The molecule has 0 aliphatic carbocycles. The number of aromatic amines is 1. The molecule has 0 bridgehead atoms. The molecule has 0 amide bonds. The van der Waals surface area contributed by atoms with Crippen LogP contribution >= 0.6 is 0 Å². The molecule has 3 aromatic rings. The van der Waals surface area contributed by atoms with Crippen molar-refractivity contribution in [3.8, 4) is 0 Å². The molecule has 3 heterocycles. The van der Waals surface area contributed by atoms with Crippen molar-refractivity contribution in [3.63, 3.8) is 0 Å². The van der Waals surface area contributed by atoms with Gasteiger partial charge in [0.25, 0.3) is 0 Å². The van der Waals surface area contributed by atoms with Crippen molar-refractivity contribution < 1.29 is 0 Å². The van der Waals surface area contributed by atoms with E-state index in [0.29, 0.717) is 6.04 Å². The Morgan fingerprint density at radius 2 is 2.22 bits per heavy atom. The Labute approximate surface area is 136 Å². The molecule has 4 rings (SSSR count). The first kappa shape index (κ1) is 14.4. The molecule has 0 radical (unpaired) electrons. The summed E-state index contributed by atoms with van der Waals surface area (Å²) in [5, 5.41) is 0. The third-order valence-electron chi connectivity index (χ3n) is 4.72. The number of hydrogen-bond acceptors (Lipinski definition) is 3. The van der Waals surface area contributed by atoms with E-state index in [-0.39, 0.29) is 0 Å². The summed E-state index contributed by atoms with van der Waals surface area (Å²) in [5.41, 5.74) is 4.66. The maximum Gasteiger partial charge on any atom is 0.124 e. The maximum atomic E-state index is 4.83. The van der Waals surface area contributed by atoms with E-state index >= 15 is 0 Å². The van der Waals surface area contributed by atoms with Gasteiger partial charge in [-0.1, -0.05) is 12.1 Å². The molecule has 0 saturated carbocycles. The van der Waals surface area contributed by atoms with Crippen molar-refractivity contribution in [2.75, 3.05) is 13.1 Å². The van der Waals surface area contributed by atoms with Crippen molar-refractivity contribution in [2.45, 2.75) is 32.2 Å². The molecule has 1 fully saturated rings. The van der Waals surface area contributed by atoms with Crippen LogP contribution in [-0.4, -0.2) is 32.9 Å². The zero-order valence-corrected chi connectivity index (χ0v) is 13.5. The van der Waals surface area contributed by atoms with Gasteiger partial charge in [-0.15, -0.1) is 0 Å². The molecule has 4 heteroatoms. The monoisotopic (exact) mass is 306 g/mol. The van der Waals surface area contributed by atoms with Gasteiger partial charge in [-0.05, 0) is 56.1 Å². The highest BCUT2D eigenvalue weighted by molar-refractivity contribution is 5.75. The number of nitrogens with zero attached hydrogens (tertiary/aromatic N) is 3. The Bertz CT molecular complexity index is 793. The van der Waals surface area contributed by atoms with Gasteiger partial charge in [0.15, 0.2) is 0 Å². The molecular weight excluding hydrogens is 284 g/mol. The van der Waals surface area contributed by atoms with Crippen molar-refractivity contribution >= 4 is 11.0 Å². The zero-order chi connectivity index (χ0) is 15.6. The predicted octanol–water partition coefficient (Wildman–Crippen LogP) is 3.65. The van der Waals surface area contributed by atoms with E-state index in [0.717, 1.165) is 36.4 Å². The third-order valence-corrected chi connectivity index (χ3v) is 4.72. The number of imidazole rings is 1. The van der Waals surface area contributed by atoms with Crippen LogP contribution in [0.2, 0.25) is 0 Å². The first-order chi connectivity index (χ1) is 11.3. The number of H-pyrrole nitrogens is 1. The lowest BCUT2D eigenvalue weighted by Gasteiger charge is -2.22. The van der Waals surface area contributed by atoms with Crippen molar-refractivity contribution in [3.05, 3.63) is 59.7 Å². The number of benzene rings is 1. The molecule has 1 N–H and O–H groups in total. The van der Waals surface area contributed by atoms with E-state index in [9.17, 15) is 0 Å². The molecular formula is C19H22N4. The van der Waals surface area contributed by atoms with Gasteiger partial charge in [0, 0.05) is 24.9 Å². The van der Waals surface area contributed by atoms with Gasteiger partial charge in [-0.2, -0.15) is 0 Å². The molecule has 1 saturated heterocycles. The summed E-state index contributed by atoms with van der Waals surface area (Å²) in [7, 11) is 0. The van der Waals surface area contributed by atoms with Gasteiger partial charge in [0.2, 0.25) is 0 Å². The zero-order valence-electron chi connectivity index (χ0n) is 13.5. The topological polar surface area (TPSA) is 44.8 Å². The summed E-state index contributed by atoms with van der Waals surface area (Å²) >= 11 is 0. The van der Waals surface area contributed by atoms with Crippen LogP contribution in [0.4, 0.5) is 0 Å². The van der Waals surface area contributed by atoms with Crippen LogP contribution in [0.15, 0.2) is 42.6 Å². The number of likely N-dealkylation sites (tertiary alicyclic amines) is 1. The number of nitrogens with one attached hydrogen (secondary N) is 1. The van der Waals surface area contributed by atoms with Gasteiger partial charge in [0.1, 0.15) is 5.82 Å². The Morgan fingerprint density at radius 1 is 1.26 bits per heavy atom. The smallest absolute Gasteiger partial charge is 0.124 e. The van der Waals surface area contributed by atoms with E-state index in [1.807, 2.05) is 12.3 Å². The van der Waals surface area contributed by atoms with E-state index in [1.165, 1.54) is 24.1 Å². The van der Waals surface area contributed by atoms with Crippen LogP contribution in [0.5, 0.6) is 0 Å². The Kier molecular flexibility index (Phi) is 3.83. The maximum absolute atomic E-state index is 4.83. The second-order valence-corrected chi connectivity index (χ2v) is 6.41. The quantitative estimate of drug-likeness (QED) is 0.800. The molecule has 4 nitrogen and oxygen atoms in total. The normalized spacial score (nSPS) is 18.7. The highest BCUT2D eigenvalue weighted by Crippen LogP contribution is 2.31. The van der Waals surface area contributed by atoms with Gasteiger partial charge >= 0.3 is 0 Å². The van der Waals surface area contributed by atoms with Crippen LogP contribution < -0.4 is 0 Å². The molecule has 1 aliphatic heterocycles. The summed E-state index contributed by atoms with van der Waals surface area (Å²) in [6.07, 6.45) is 5.29. The molecule has 1 aliphatic rings. The number of hydrogen-bond donors (Lipinski definition) is 1. The van der Waals surface area contributed by atoms with Crippen molar-refractivity contribution in [1.82, 2.24) is 19.9 Å². The summed E-state index contributed by atoms with van der Waals surface area (Å²) in [5.74, 6) is 1.11. The summed E-state index contributed by atoms with van der Waals surface area (Å²) in [4.78, 5) is 15.3. The third kappa shape index (κ3) is 2.99. The highest BCUT2D eigenvalue weighted by atomic mass is 15.2. The van der Waals surface area contributed by atoms with E-state index in [4.69, 9.17) is 4.98 Å². The Hall–Kier alpha value is -2.20. The summed E-state index contributed by atoms with van der Waals surface area (Å²) in [6.45, 7) is 4.31. The molecule has 23 heavy (non-hydrogen) atoms. The first-order valence-electron chi connectivity index (χ1n) is 8.40. The average molecular weight is 306 g/mol. The van der Waals surface area contributed by atoms with Crippen molar-refractivity contribution in [2.24, 2.45) is 0 Å². The fourth-order valence-corrected chi connectivity index (χ4v) is 3.51. The van der Waals surface area contributed by atoms with Crippen LogP contribution in [-0.2, 0) is 6.42 Å². The number of aryl methyl sites for hydroxylation is 1. The Morgan fingerprint density at radius 3 is 3.09 bits per heavy atom. The van der Waals surface area contributed by atoms with Crippen LogP contribution in [0.3, 0.4) is 0 Å². The number of fused-ring (bicyclic) bond motifs is 1. The molecule has 1 aromatic carbocycles. The molecule has 0 spiro atoms. The van der Waals surface area contributed by atoms with Crippen LogP contribution in [0.25, 0.3) is 11.0 Å². The van der Waals surface area contributed by atoms with Gasteiger partial charge in [-0.3, -0.25) is 9.88 Å². The minimum absolute atomic E-state index is 0.409. The minimum Gasteiger partial charge on any atom is -0.341 e. The van der Waals surface area contributed by atoms with Crippen LogP contribution in [0.1, 0.15) is 36.0 Å². The molecule has 118 valence electrons. The molecule has 0 unspecified atom stereocenters. The summed E-state index contributed by atoms with van der Waals surface area (Å²) < 4.78 is 0. The SMILES string of the molecule is Cc1ccc2nc([C@@H]3CCCN3CCc3ccccn3)[nH]c2c1. The number of aromatic nitrogens is 3.